The largest absolute Gasteiger partial charge is 0.444 e. The van der Waals surface area contributed by atoms with Crippen LogP contribution in [0.5, 0.6) is 0 Å². The van der Waals surface area contributed by atoms with Gasteiger partial charge in [0.1, 0.15) is 17.8 Å². The Morgan fingerprint density at radius 2 is 1.51 bits per heavy atom. The second-order valence-corrected chi connectivity index (χ2v) is 14.3. The number of ether oxygens (including phenoxy) is 2. The number of guanidine groups is 1. The highest BCUT2D eigenvalue weighted by Gasteiger charge is 2.38. The molecule has 0 radical (unpaired) electrons. The van der Waals surface area contributed by atoms with E-state index in [-0.39, 0.29) is 24.1 Å². The standard InChI is InChI=1S/C33H34F6N6O7S/c1-30(2,3)51-27(47)41-26(42-28(48)52-31(4,5)6)43-50-12-11-44-25(46)24(53-29(44)49)14-18-7-10-23-20(13-18)16-40-45(23)17-19-8-9-21(32(34,35)36)15-22(19)33(37,38)39/h7-10,13-16H,11-12,17H2,1-6H3,(H2,41,42,43,47,48)/b24-14-. The molecule has 3 aromatic rings. The number of alkyl halides is 6. The number of halogens is 6. The van der Waals surface area contributed by atoms with E-state index in [1.54, 1.807) is 47.6 Å². The molecule has 0 aliphatic carbocycles. The van der Waals surface area contributed by atoms with Crippen molar-refractivity contribution in [1.29, 1.82) is 0 Å². The van der Waals surface area contributed by atoms with Gasteiger partial charge < -0.3 is 14.3 Å². The summed E-state index contributed by atoms with van der Waals surface area (Å²) < 4.78 is 91.8. The van der Waals surface area contributed by atoms with Gasteiger partial charge in [-0.25, -0.2) is 9.59 Å². The molecule has 286 valence electrons. The van der Waals surface area contributed by atoms with Crippen LogP contribution < -0.4 is 10.6 Å². The number of alkyl carbamates (subject to hydrolysis) is 2. The number of nitrogens with zero attached hydrogens (tertiary/aromatic N) is 4. The highest BCUT2D eigenvalue weighted by molar-refractivity contribution is 8.18. The fraction of sp³-hybridized carbons (Fsp3) is 0.394. The first-order valence-corrected chi connectivity index (χ1v) is 16.4. The highest BCUT2D eigenvalue weighted by Crippen LogP contribution is 2.38. The molecule has 4 amide bonds. The van der Waals surface area contributed by atoms with Gasteiger partial charge in [-0.3, -0.25) is 29.8 Å². The summed E-state index contributed by atoms with van der Waals surface area (Å²) in [5.74, 6) is -1.15. The molecule has 1 aliphatic heterocycles. The number of benzene rings is 2. The summed E-state index contributed by atoms with van der Waals surface area (Å²) in [7, 11) is 0. The van der Waals surface area contributed by atoms with Gasteiger partial charge in [-0.2, -0.15) is 31.4 Å². The van der Waals surface area contributed by atoms with Crippen LogP contribution in [0.25, 0.3) is 17.0 Å². The van der Waals surface area contributed by atoms with Gasteiger partial charge in [0.2, 0.25) is 0 Å². The van der Waals surface area contributed by atoms with Crippen molar-refractivity contribution in [2.24, 2.45) is 5.16 Å². The summed E-state index contributed by atoms with van der Waals surface area (Å²) in [5, 5.41) is 12.0. The number of oxime groups is 1. The molecular formula is C33H34F6N6O7S. The van der Waals surface area contributed by atoms with Gasteiger partial charge in [0, 0.05) is 5.39 Å². The van der Waals surface area contributed by atoms with Crippen LogP contribution in [0.1, 0.15) is 63.8 Å². The molecule has 2 N–H and O–H groups in total. The van der Waals surface area contributed by atoms with Crippen molar-refractivity contribution < 1.29 is 59.8 Å². The second kappa shape index (κ2) is 15.4. The molecule has 1 saturated heterocycles. The summed E-state index contributed by atoms with van der Waals surface area (Å²) in [6.07, 6.45) is -9.17. The maximum Gasteiger partial charge on any atom is 0.416 e. The predicted molar refractivity (Wildman–Crippen MR) is 180 cm³/mol. The minimum absolute atomic E-state index is 0.0451. The SMILES string of the molecule is CC(C)(C)OC(=O)NC(=NOCCN1C(=O)S/C(=C\c2ccc3c(cnn3Cc3ccc(C(F)(F)F)cc3C(F)(F)F)c2)C1=O)NC(=O)OC(C)(C)C. The van der Waals surface area contributed by atoms with Crippen LogP contribution in [0.2, 0.25) is 0 Å². The molecule has 13 nitrogen and oxygen atoms in total. The minimum Gasteiger partial charge on any atom is -0.444 e. The Kier molecular flexibility index (Phi) is 11.7. The first-order valence-electron chi connectivity index (χ1n) is 15.6. The van der Waals surface area contributed by atoms with E-state index >= 15 is 0 Å². The Bertz CT molecular complexity index is 1930. The predicted octanol–water partition coefficient (Wildman–Crippen LogP) is 7.50. The van der Waals surface area contributed by atoms with Gasteiger partial charge >= 0.3 is 24.5 Å². The summed E-state index contributed by atoms with van der Waals surface area (Å²) in [4.78, 5) is 56.3. The van der Waals surface area contributed by atoms with E-state index in [2.05, 4.69) is 20.9 Å². The van der Waals surface area contributed by atoms with Crippen molar-refractivity contribution in [3.8, 4) is 0 Å². The van der Waals surface area contributed by atoms with E-state index in [0.29, 0.717) is 34.3 Å². The van der Waals surface area contributed by atoms with E-state index in [1.165, 1.54) is 29.1 Å². The third-order valence-corrected chi connectivity index (χ3v) is 7.61. The zero-order valence-corrected chi connectivity index (χ0v) is 29.9. The van der Waals surface area contributed by atoms with Crippen molar-refractivity contribution in [2.75, 3.05) is 13.2 Å². The quantitative estimate of drug-likeness (QED) is 0.0621. The minimum atomic E-state index is -5.05. The number of carbonyl (C=O) groups is 4. The Labute approximate surface area is 302 Å². The highest BCUT2D eigenvalue weighted by atomic mass is 32.2. The summed E-state index contributed by atoms with van der Waals surface area (Å²) >= 11 is 0.640. The van der Waals surface area contributed by atoms with Crippen LogP contribution in [0.15, 0.2) is 52.7 Å². The molecule has 0 unspecified atom stereocenters. The fourth-order valence-corrected chi connectivity index (χ4v) is 5.47. The molecule has 2 heterocycles. The first kappa shape index (κ1) is 40.5. The lowest BCUT2D eigenvalue weighted by Gasteiger charge is -2.21. The molecule has 53 heavy (non-hydrogen) atoms. The van der Waals surface area contributed by atoms with Crippen LogP contribution in [-0.2, 0) is 38.0 Å². The lowest BCUT2D eigenvalue weighted by molar-refractivity contribution is -0.143. The maximum atomic E-state index is 13.7. The van der Waals surface area contributed by atoms with Gasteiger partial charge in [0.05, 0.1) is 40.8 Å². The van der Waals surface area contributed by atoms with Crippen LogP contribution in [0.4, 0.5) is 40.7 Å². The van der Waals surface area contributed by atoms with E-state index in [1.807, 2.05) is 0 Å². The molecule has 0 saturated carbocycles. The Morgan fingerprint density at radius 1 is 0.887 bits per heavy atom. The van der Waals surface area contributed by atoms with Crippen LogP contribution in [0, 0.1) is 0 Å². The molecule has 1 fully saturated rings. The number of rotatable bonds is 7. The molecule has 20 heteroatoms. The lowest BCUT2D eigenvalue weighted by Crippen LogP contribution is -2.47. The van der Waals surface area contributed by atoms with Crippen LogP contribution in [0.3, 0.4) is 0 Å². The number of hydrogen-bond donors (Lipinski definition) is 2. The lowest BCUT2D eigenvalue weighted by atomic mass is 10.0. The van der Waals surface area contributed by atoms with Crippen molar-refractivity contribution in [3.05, 3.63) is 69.8 Å². The molecule has 0 bridgehead atoms. The van der Waals surface area contributed by atoms with Crippen molar-refractivity contribution in [2.45, 2.75) is 71.6 Å². The fourth-order valence-electron chi connectivity index (χ4n) is 4.60. The number of amides is 4. The number of thioether (sulfide) groups is 1. The summed E-state index contributed by atoms with van der Waals surface area (Å²) in [6, 6.07) is 6.01. The third-order valence-electron chi connectivity index (χ3n) is 6.70. The zero-order valence-electron chi connectivity index (χ0n) is 29.1. The number of aromatic nitrogens is 2. The first-order chi connectivity index (χ1) is 24.4. The molecule has 4 rings (SSSR count). The zero-order chi connectivity index (χ0) is 39.5. The molecular weight excluding hydrogens is 738 g/mol. The maximum absolute atomic E-state index is 13.7. The Hall–Kier alpha value is -5.27. The number of hydrogen-bond acceptors (Lipinski definition) is 10. The van der Waals surface area contributed by atoms with E-state index in [9.17, 15) is 45.5 Å². The second-order valence-electron chi connectivity index (χ2n) is 13.3. The van der Waals surface area contributed by atoms with Gasteiger partial charge in [0.15, 0.2) is 0 Å². The number of imide groups is 1. The average molecular weight is 773 g/mol. The molecule has 2 aromatic carbocycles. The van der Waals surface area contributed by atoms with Gasteiger partial charge in [-0.15, -0.1) is 0 Å². The Morgan fingerprint density at radius 3 is 2.08 bits per heavy atom. The molecule has 0 atom stereocenters. The molecule has 1 aliphatic rings. The number of nitrogens with one attached hydrogen (secondary N) is 2. The number of fused-ring (bicyclic) bond motifs is 1. The van der Waals surface area contributed by atoms with Gasteiger partial charge in [0.25, 0.3) is 17.1 Å². The van der Waals surface area contributed by atoms with Crippen LogP contribution >= 0.6 is 11.8 Å². The number of carbonyl (C=O) groups excluding carboxylic acids is 4. The topological polar surface area (TPSA) is 153 Å². The monoisotopic (exact) mass is 772 g/mol. The Balaban J connectivity index is 1.44. The summed E-state index contributed by atoms with van der Waals surface area (Å²) in [5.41, 5.74) is -4.23. The van der Waals surface area contributed by atoms with E-state index in [0.717, 1.165) is 11.0 Å². The third kappa shape index (κ3) is 11.4. The van der Waals surface area contributed by atoms with Crippen molar-refractivity contribution in [1.82, 2.24) is 25.3 Å². The van der Waals surface area contributed by atoms with Crippen molar-refractivity contribution >= 4 is 58.0 Å². The van der Waals surface area contributed by atoms with E-state index in [4.69, 9.17) is 14.3 Å². The van der Waals surface area contributed by atoms with E-state index < -0.39 is 76.1 Å². The average Bonchev–Trinajstić information content (AvgIpc) is 3.50. The molecule has 1 aromatic heterocycles. The normalized spacial score (nSPS) is 14.8. The molecule has 0 spiro atoms. The van der Waals surface area contributed by atoms with Crippen LogP contribution in [-0.4, -0.2) is 68.3 Å². The summed E-state index contributed by atoms with van der Waals surface area (Å²) in [6.45, 7) is 8.61. The smallest absolute Gasteiger partial charge is 0.416 e. The van der Waals surface area contributed by atoms with Gasteiger partial charge in [-0.1, -0.05) is 12.1 Å². The van der Waals surface area contributed by atoms with Gasteiger partial charge in [-0.05, 0) is 99.9 Å². The van der Waals surface area contributed by atoms with Crippen molar-refractivity contribution in [3.63, 3.8) is 0 Å².